The van der Waals surface area contributed by atoms with E-state index in [4.69, 9.17) is 4.74 Å². The molecule has 2 heterocycles. The summed E-state index contributed by atoms with van der Waals surface area (Å²) in [6.45, 7) is 7.73. The maximum Gasteiger partial charge on any atom is 0.415 e. The molecule has 0 radical (unpaired) electrons. The van der Waals surface area contributed by atoms with Gasteiger partial charge >= 0.3 is 6.09 Å². The number of nitrogens with zero attached hydrogens (tertiary/aromatic N) is 3. The molecule has 162 valence electrons. The van der Waals surface area contributed by atoms with E-state index in [-0.39, 0.29) is 4.90 Å². The fourth-order valence-corrected chi connectivity index (χ4v) is 5.23. The van der Waals surface area contributed by atoms with E-state index in [1.165, 1.54) is 9.21 Å². The molecule has 1 atom stereocenters. The number of rotatable bonds is 4. The van der Waals surface area contributed by atoms with Gasteiger partial charge in [0.15, 0.2) is 0 Å². The highest BCUT2D eigenvalue weighted by Crippen LogP contribution is 2.39. The van der Waals surface area contributed by atoms with E-state index >= 15 is 0 Å². The van der Waals surface area contributed by atoms with Crippen LogP contribution in [0.5, 0.6) is 0 Å². The van der Waals surface area contributed by atoms with Gasteiger partial charge in [-0.05, 0) is 58.7 Å². The maximum absolute atomic E-state index is 13.3. The van der Waals surface area contributed by atoms with Crippen molar-refractivity contribution in [3.63, 3.8) is 0 Å². The van der Waals surface area contributed by atoms with Crippen molar-refractivity contribution in [2.75, 3.05) is 18.5 Å². The highest BCUT2D eigenvalue weighted by atomic mass is 32.2. The fraction of sp³-hybridized carbons (Fsp3) is 0.455. The summed E-state index contributed by atoms with van der Waals surface area (Å²) >= 11 is 0. The number of aromatic nitrogens is 1. The summed E-state index contributed by atoms with van der Waals surface area (Å²) in [6, 6.07) is 10.1. The third-order valence-corrected chi connectivity index (χ3v) is 6.91. The highest BCUT2D eigenvalue weighted by Gasteiger charge is 2.38. The average Bonchev–Trinajstić information content (AvgIpc) is 3.17. The Morgan fingerprint density at radius 3 is 2.50 bits per heavy atom. The SMILES string of the molecule is Cc1ccc(S(=O)(=O)N2CCCC2c2cccnc2N(C)C(=O)OC(C)(C)C)cc1. The Hall–Kier alpha value is -2.45. The van der Waals surface area contributed by atoms with Crippen molar-refractivity contribution in [2.24, 2.45) is 0 Å². The van der Waals surface area contributed by atoms with Crippen molar-refractivity contribution in [1.29, 1.82) is 0 Å². The van der Waals surface area contributed by atoms with Crippen LogP contribution in [0.25, 0.3) is 0 Å². The normalized spacial score (nSPS) is 17.7. The lowest BCUT2D eigenvalue weighted by atomic mass is 10.1. The second kappa shape index (κ2) is 8.35. The molecule has 1 aliphatic heterocycles. The van der Waals surface area contributed by atoms with Crippen LogP contribution in [0.2, 0.25) is 0 Å². The van der Waals surface area contributed by atoms with Gasteiger partial charge in [-0.2, -0.15) is 4.31 Å². The first-order chi connectivity index (χ1) is 14.0. The number of carbonyl (C=O) groups is 1. The number of pyridine rings is 1. The standard InChI is InChI=1S/C22H29N3O4S/c1-16-10-12-17(13-11-16)30(27,28)25-15-7-9-19(25)18-8-6-14-23-20(18)24(5)21(26)29-22(2,3)4/h6,8,10-14,19H,7,9,15H2,1-5H3. The first kappa shape index (κ1) is 22.2. The molecule has 8 heteroatoms. The first-order valence-corrected chi connectivity index (χ1v) is 11.4. The van der Waals surface area contributed by atoms with Crippen molar-refractivity contribution in [3.05, 3.63) is 53.7 Å². The zero-order valence-electron chi connectivity index (χ0n) is 18.1. The lowest BCUT2D eigenvalue weighted by Gasteiger charge is -2.29. The quantitative estimate of drug-likeness (QED) is 0.722. The van der Waals surface area contributed by atoms with Gasteiger partial charge in [-0.25, -0.2) is 18.2 Å². The van der Waals surface area contributed by atoms with Crippen molar-refractivity contribution in [2.45, 2.75) is 57.1 Å². The first-order valence-electron chi connectivity index (χ1n) is 10.0. The number of hydrogen-bond acceptors (Lipinski definition) is 5. The van der Waals surface area contributed by atoms with Gasteiger partial charge in [0.2, 0.25) is 10.0 Å². The van der Waals surface area contributed by atoms with Crippen molar-refractivity contribution >= 4 is 21.9 Å². The summed E-state index contributed by atoms with van der Waals surface area (Å²) < 4.78 is 33.6. The number of anilines is 1. The van der Waals surface area contributed by atoms with Gasteiger partial charge in [0, 0.05) is 25.4 Å². The molecule has 0 spiro atoms. The molecule has 1 amide bonds. The average molecular weight is 432 g/mol. The Kier molecular flexibility index (Phi) is 6.19. The third kappa shape index (κ3) is 4.65. The Bertz CT molecular complexity index is 1010. The van der Waals surface area contributed by atoms with Crippen LogP contribution in [0.4, 0.5) is 10.6 Å². The molecule has 3 rings (SSSR count). The van der Waals surface area contributed by atoms with E-state index in [1.807, 2.05) is 13.0 Å². The van der Waals surface area contributed by atoms with Gasteiger partial charge in [-0.3, -0.25) is 4.90 Å². The Balaban J connectivity index is 1.96. The number of sulfonamides is 1. The number of benzene rings is 1. The number of aryl methyl sites for hydroxylation is 1. The van der Waals surface area contributed by atoms with Crippen LogP contribution < -0.4 is 4.90 Å². The predicted octanol–water partition coefficient (Wildman–Crippen LogP) is 4.29. The van der Waals surface area contributed by atoms with Crippen LogP contribution in [-0.2, 0) is 14.8 Å². The topological polar surface area (TPSA) is 79.8 Å². The van der Waals surface area contributed by atoms with Gasteiger partial charge in [-0.1, -0.05) is 23.8 Å². The largest absolute Gasteiger partial charge is 0.443 e. The second-order valence-corrected chi connectivity index (χ2v) is 10.4. The van der Waals surface area contributed by atoms with Gasteiger partial charge in [0.05, 0.1) is 10.9 Å². The molecule has 0 aliphatic carbocycles. The Morgan fingerprint density at radius 2 is 1.87 bits per heavy atom. The molecule has 0 saturated carbocycles. The number of ether oxygens (including phenoxy) is 1. The number of hydrogen-bond donors (Lipinski definition) is 0. The van der Waals surface area contributed by atoms with Crippen molar-refractivity contribution in [1.82, 2.24) is 9.29 Å². The van der Waals surface area contributed by atoms with Crippen LogP contribution in [0.15, 0.2) is 47.5 Å². The predicted molar refractivity (Wildman–Crippen MR) is 116 cm³/mol. The summed E-state index contributed by atoms with van der Waals surface area (Å²) in [4.78, 5) is 18.6. The molecule has 7 nitrogen and oxygen atoms in total. The maximum atomic E-state index is 13.3. The van der Waals surface area contributed by atoms with Gasteiger partial charge in [0.25, 0.3) is 0 Å². The highest BCUT2D eigenvalue weighted by molar-refractivity contribution is 7.89. The van der Waals surface area contributed by atoms with E-state index < -0.39 is 27.8 Å². The summed E-state index contributed by atoms with van der Waals surface area (Å²) in [5, 5.41) is 0. The van der Waals surface area contributed by atoms with Crippen LogP contribution in [0.3, 0.4) is 0 Å². The lowest BCUT2D eigenvalue weighted by Crippen LogP contribution is -2.36. The van der Waals surface area contributed by atoms with Gasteiger partial charge in [0.1, 0.15) is 11.4 Å². The van der Waals surface area contributed by atoms with E-state index in [2.05, 4.69) is 4.98 Å². The fourth-order valence-electron chi connectivity index (χ4n) is 3.55. The molecular weight excluding hydrogens is 402 g/mol. The molecule has 1 unspecified atom stereocenters. The number of amides is 1. The van der Waals surface area contributed by atoms with Crippen LogP contribution >= 0.6 is 0 Å². The molecule has 1 fully saturated rings. The van der Waals surface area contributed by atoms with Gasteiger partial charge in [-0.15, -0.1) is 0 Å². The molecule has 1 aliphatic rings. The molecule has 1 aromatic carbocycles. The summed E-state index contributed by atoms with van der Waals surface area (Å²) in [5.74, 6) is 0.405. The van der Waals surface area contributed by atoms with E-state index in [9.17, 15) is 13.2 Å². The van der Waals surface area contributed by atoms with Crippen molar-refractivity contribution < 1.29 is 17.9 Å². The lowest BCUT2D eigenvalue weighted by molar-refractivity contribution is 0.0588. The Morgan fingerprint density at radius 1 is 1.20 bits per heavy atom. The minimum absolute atomic E-state index is 0.269. The van der Waals surface area contributed by atoms with Crippen LogP contribution in [0, 0.1) is 6.92 Å². The molecule has 1 aromatic heterocycles. The zero-order valence-corrected chi connectivity index (χ0v) is 18.9. The van der Waals surface area contributed by atoms with E-state index in [1.54, 1.807) is 64.3 Å². The zero-order chi connectivity index (χ0) is 22.1. The molecule has 30 heavy (non-hydrogen) atoms. The van der Waals surface area contributed by atoms with Gasteiger partial charge < -0.3 is 4.74 Å². The van der Waals surface area contributed by atoms with Crippen molar-refractivity contribution in [3.8, 4) is 0 Å². The number of carbonyl (C=O) groups excluding carboxylic acids is 1. The second-order valence-electron chi connectivity index (χ2n) is 8.54. The van der Waals surface area contributed by atoms with E-state index in [0.29, 0.717) is 24.3 Å². The van der Waals surface area contributed by atoms with E-state index in [0.717, 1.165) is 12.0 Å². The minimum Gasteiger partial charge on any atom is -0.443 e. The Labute approximate surface area is 178 Å². The molecule has 0 N–H and O–H groups in total. The monoisotopic (exact) mass is 431 g/mol. The molecule has 1 saturated heterocycles. The van der Waals surface area contributed by atoms with Crippen LogP contribution in [0.1, 0.15) is 50.8 Å². The smallest absolute Gasteiger partial charge is 0.415 e. The summed E-state index contributed by atoms with van der Waals surface area (Å²) in [5.41, 5.74) is 1.05. The minimum atomic E-state index is -3.67. The summed E-state index contributed by atoms with van der Waals surface area (Å²) in [7, 11) is -2.08. The summed E-state index contributed by atoms with van der Waals surface area (Å²) in [6.07, 6.45) is 2.45. The third-order valence-electron chi connectivity index (χ3n) is 4.99. The van der Waals surface area contributed by atoms with Crippen LogP contribution in [-0.4, -0.2) is 43.0 Å². The molecular formula is C22H29N3O4S. The molecule has 0 bridgehead atoms. The molecule has 2 aromatic rings.